The molecule has 0 aromatic carbocycles. The average molecular weight is 249 g/mol. The number of nitrogen functional groups attached to an aromatic ring is 1. The summed E-state index contributed by atoms with van der Waals surface area (Å²) in [5, 5.41) is 3.45. The lowest BCUT2D eigenvalue weighted by Gasteiger charge is -2.51. The molecule has 4 heteroatoms. The second kappa shape index (κ2) is 4.76. The number of nitrogens with two attached hydrogens (primary N) is 1. The van der Waals surface area contributed by atoms with Gasteiger partial charge in [0.15, 0.2) is 0 Å². The van der Waals surface area contributed by atoms with Gasteiger partial charge in [0.05, 0.1) is 11.8 Å². The lowest BCUT2D eigenvalue weighted by Crippen LogP contribution is -2.58. The zero-order valence-corrected chi connectivity index (χ0v) is 11.7. The Bertz CT molecular complexity index is 431. The number of rotatable bonds is 4. The van der Waals surface area contributed by atoms with Gasteiger partial charge in [0.2, 0.25) is 0 Å². The largest absolute Gasteiger partial charge is 0.396 e. The van der Waals surface area contributed by atoms with Crippen LogP contribution in [0.2, 0.25) is 0 Å². The van der Waals surface area contributed by atoms with Crippen molar-refractivity contribution in [1.29, 1.82) is 0 Å². The van der Waals surface area contributed by atoms with Gasteiger partial charge in [-0.15, -0.1) is 0 Å². The van der Waals surface area contributed by atoms with Gasteiger partial charge in [0.25, 0.3) is 0 Å². The first-order chi connectivity index (χ1) is 8.45. The number of hydrogen-bond acceptors (Lipinski definition) is 4. The quantitative estimate of drug-likeness (QED) is 0.861. The van der Waals surface area contributed by atoms with Gasteiger partial charge < -0.3 is 15.8 Å². The van der Waals surface area contributed by atoms with Crippen molar-refractivity contribution in [3.05, 3.63) is 17.8 Å². The van der Waals surface area contributed by atoms with E-state index < -0.39 is 0 Å². The first-order valence-corrected chi connectivity index (χ1v) is 6.56. The van der Waals surface area contributed by atoms with Crippen LogP contribution in [0.4, 0.5) is 11.5 Å². The normalized spacial score (nSPS) is 25.6. The van der Waals surface area contributed by atoms with Crippen LogP contribution in [0.15, 0.2) is 12.1 Å². The second-order valence-electron chi connectivity index (χ2n) is 5.59. The van der Waals surface area contributed by atoms with Crippen molar-refractivity contribution in [3.63, 3.8) is 0 Å². The first-order valence-electron chi connectivity index (χ1n) is 6.56. The summed E-state index contributed by atoms with van der Waals surface area (Å²) in [5.74, 6) is 0.794. The number of nitrogens with one attached hydrogen (secondary N) is 1. The van der Waals surface area contributed by atoms with E-state index in [1.54, 1.807) is 0 Å². The van der Waals surface area contributed by atoms with Gasteiger partial charge in [0, 0.05) is 23.8 Å². The lowest BCUT2D eigenvalue weighted by atomic mass is 9.64. The Morgan fingerprint density at radius 1 is 1.50 bits per heavy atom. The van der Waals surface area contributed by atoms with Crippen LogP contribution in [0.1, 0.15) is 32.9 Å². The van der Waals surface area contributed by atoms with Crippen molar-refractivity contribution in [2.24, 2.45) is 5.41 Å². The van der Waals surface area contributed by atoms with E-state index in [2.05, 4.69) is 24.1 Å². The van der Waals surface area contributed by atoms with Crippen molar-refractivity contribution in [1.82, 2.24) is 4.98 Å². The van der Waals surface area contributed by atoms with Crippen LogP contribution in [0.3, 0.4) is 0 Å². The summed E-state index contributed by atoms with van der Waals surface area (Å²) in [6.07, 6.45) is 1.33. The zero-order valence-electron chi connectivity index (χ0n) is 11.7. The Hall–Kier alpha value is -1.29. The monoisotopic (exact) mass is 249 g/mol. The molecule has 1 aromatic rings. The van der Waals surface area contributed by atoms with Crippen LogP contribution < -0.4 is 11.1 Å². The van der Waals surface area contributed by atoms with E-state index in [1.165, 1.54) is 0 Å². The van der Waals surface area contributed by atoms with Gasteiger partial charge in [-0.2, -0.15) is 0 Å². The van der Waals surface area contributed by atoms with Gasteiger partial charge in [-0.05, 0) is 32.4 Å². The van der Waals surface area contributed by atoms with Gasteiger partial charge in [-0.3, -0.25) is 0 Å². The summed E-state index contributed by atoms with van der Waals surface area (Å²) < 4.78 is 5.72. The molecule has 0 aliphatic heterocycles. The highest BCUT2D eigenvalue weighted by Crippen LogP contribution is 2.44. The van der Waals surface area contributed by atoms with Gasteiger partial charge in [0.1, 0.15) is 5.82 Å². The molecule has 1 aromatic heterocycles. The smallest absolute Gasteiger partial charge is 0.149 e. The number of ether oxygens (including phenoxy) is 1. The van der Waals surface area contributed by atoms with Gasteiger partial charge >= 0.3 is 0 Å². The minimum atomic E-state index is 0.119. The van der Waals surface area contributed by atoms with Crippen LogP contribution in [0.5, 0.6) is 0 Å². The van der Waals surface area contributed by atoms with Crippen LogP contribution in [-0.2, 0) is 4.74 Å². The third-order valence-electron chi connectivity index (χ3n) is 3.92. The van der Waals surface area contributed by atoms with E-state index >= 15 is 0 Å². The number of nitrogens with zero attached hydrogens (tertiary/aromatic N) is 1. The fourth-order valence-electron chi connectivity index (χ4n) is 2.46. The first kappa shape index (κ1) is 13.1. The molecule has 2 atom stereocenters. The van der Waals surface area contributed by atoms with Crippen molar-refractivity contribution in [2.75, 3.05) is 17.7 Å². The van der Waals surface area contributed by atoms with Crippen molar-refractivity contribution >= 4 is 11.5 Å². The highest BCUT2D eigenvalue weighted by molar-refractivity contribution is 5.62. The molecule has 2 unspecified atom stereocenters. The molecule has 0 amide bonds. The molecule has 3 N–H and O–H groups in total. The van der Waals surface area contributed by atoms with Gasteiger partial charge in [-0.1, -0.05) is 13.8 Å². The molecule has 0 radical (unpaired) electrons. The molecule has 100 valence electrons. The number of aryl methyl sites for hydroxylation is 1. The summed E-state index contributed by atoms with van der Waals surface area (Å²) in [7, 11) is 0. The second-order valence-corrected chi connectivity index (χ2v) is 5.59. The Morgan fingerprint density at radius 3 is 2.83 bits per heavy atom. The Balaban J connectivity index is 2.05. The van der Waals surface area contributed by atoms with E-state index in [0.29, 0.717) is 17.8 Å². The number of hydrogen-bond donors (Lipinski definition) is 2. The van der Waals surface area contributed by atoms with Crippen LogP contribution in [0, 0.1) is 12.3 Å². The predicted octanol–water partition coefficient (Wildman–Crippen LogP) is 2.59. The molecular formula is C14H23N3O. The molecule has 0 saturated heterocycles. The molecule has 1 aliphatic rings. The van der Waals surface area contributed by atoms with E-state index in [1.807, 2.05) is 26.0 Å². The third-order valence-corrected chi connectivity index (χ3v) is 3.92. The average Bonchev–Trinajstić information content (AvgIpc) is 2.32. The summed E-state index contributed by atoms with van der Waals surface area (Å²) in [5.41, 5.74) is 7.74. The van der Waals surface area contributed by atoms with E-state index in [9.17, 15) is 0 Å². The molecule has 1 aliphatic carbocycles. The minimum absolute atomic E-state index is 0.119. The Morgan fingerprint density at radius 2 is 2.22 bits per heavy atom. The summed E-state index contributed by atoms with van der Waals surface area (Å²) in [6, 6.07) is 4.19. The van der Waals surface area contributed by atoms with E-state index in [4.69, 9.17) is 10.5 Å². The number of aromatic nitrogens is 1. The molecule has 18 heavy (non-hydrogen) atoms. The molecular weight excluding hydrogens is 226 g/mol. The minimum Gasteiger partial charge on any atom is -0.396 e. The van der Waals surface area contributed by atoms with E-state index in [0.717, 1.165) is 24.5 Å². The Labute approximate surface area is 109 Å². The maximum absolute atomic E-state index is 5.94. The summed E-state index contributed by atoms with van der Waals surface area (Å²) in [6.45, 7) is 9.23. The highest BCUT2D eigenvalue weighted by atomic mass is 16.5. The third kappa shape index (κ3) is 2.29. The molecule has 1 heterocycles. The maximum Gasteiger partial charge on any atom is 0.149 e. The molecule has 2 rings (SSSR count). The van der Waals surface area contributed by atoms with Crippen molar-refractivity contribution < 1.29 is 4.74 Å². The van der Waals surface area contributed by atoms with Crippen LogP contribution in [-0.4, -0.2) is 23.7 Å². The molecule has 0 spiro atoms. The fraction of sp³-hybridized carbons (Fsp3) is 0.643. The standard InChI is InChI=1S/C14H23N3O/c1-5-18-12-8-11(14(12,3)4)17-13-10(15)7-6-9(2)16-13/h6-7,11-12H,5,8,15H2,1-4H3,(H,16,17). The predicted molar refractivity (Wildman–Crippen MR) is 74.6 cm³/mol. The maximum atomic E-state index is 5.94. The summed E-state index contributed by atoms with van der Waals surface area (Å²) in [4.78, 5) is 4.45. The zero-order chi connectivity index (χ0) is 13.3. The van der Waals surface area contributed by atoms with Crippen LogP contribution >= 0.6 is 0 Å². The fourth-order valence-corrected chi connectivity index (χ4v) is 2.46. The molecule has 1 saturated carbocycles. The number of anilines is 2. The molecule has 4 nitrogen and oxygen atoms in total. The van der Waals surface area contributed by atoms with Crippen molar-refractivity contribution in [3.8, 4) is 0 Å². The van der Waals surface area contributed by atoms with E-state index in [-0.39, 0.29) is 5.41 Å². The van der Waals surface area contributed by atoms with Gasteiger partial charge in [-0.25, -0.2) is 4.98 Å². The SMILES string of the molecule is CCOC1CC(Nc2nc(C)ccc2N)C1(C)C. The van der Waals surface area contributed by atoms with Crippen LogP contribution in [0.25, 0.3) is 0 Å². The highest BCUT2D eigenvalue weighted by Gasteiger charge is 2.49. The number of pyridine rings is 1. The summed E-state index contributed by atoms with van der Waals surface area (Å²) >= 11 is 0. The Kier molecular flexibility index (Phi) is 3.48. The molecule has 0 bridgehead atoms. The lowest BCUT2D eigenvalue weighted by molar-refractivity contribution is -0.0976. The van der Waals surface area contributed by atoms with Crippen molar-refractivity contribution in [2.45, 2.75) is 46.3 Å². The molecule has 1 fully saturated rings. The topological polar surface area (TPSA) is 60.2 Å².